The molecule has 1 rings (SSSR count). The largest absolute Gasteiger partial charge is 0.301 e. The Bertz CT molecular complexity index is 169. The van der Waals surface area contributed by atoms with Crippen molar-refractivity contribution in [3.05, 3.63) is 0 Å². The minimum absolute atomic E-state index is 0.0255. The molecule has 0 radical (unpaired) electrons. The fourth-order valence-electron chi connectivity index (χ4n) is 1.00. The maximum atomic E-state index is 11.0. The molecule has 1 saturated heterocycles. The Hall–Kier alpha value is -0.900. The smallest absolute Gasteiger partial charge is 0.249 e. The van der Waals surface area contributed by atoms with E-state index in [1.54, 1.807) is 0 Å². The van der Waals surface area contributed by atoms with Crippen LogP contribution >= 0.6 is 0 Å². The van der Waals surface area contributed by atoms with E-state index in [1.165, 1.54) is 0 Å². The summed E-state index contributed by atoms with van der Waals surface area (Å²) in [4.78, 5) is 26.1. The van der Waals surface area contributed by atoms with E-state index >= 15 is 0 Å². The van der Waals surface area contributed by atoms with Gasteiger partial charge < -0.3 is 4.79 Å². The molecule has 0 aromatic heterocycles. The van der Waals surface area contributed by atoms with Crippen LogP contribution in [0.25, 0.3) is 0 Å². The third-order valence-corrected chi connectivity index (χ3v) is 1.65. The molecule has 11 heavy (non-hydrogen) atoms. The van der Waals surface area contributed by atoms with Crippen molar-refractivity contribution in [1.29, 1.82) is 0 Å². The first-order valence-electron chi connectivity index (χ1n) is 3.68. The Kier molecular flexibility index (Phi) is 2.59. The van der Waals surface area contributed by atoms with Crippen molar-refractivity contribution >= 4 is 12.2 Å². The monoisotopic (exact) mass is 157 g/mol. The van der Waals surface area contributed by atoms with Crippen molar-refractivity contribution in [3.63, 3.8) is 0 Å². The molecular formula is C7H11NO3. The number of amides is 1. The molecule has 1 aliphatic heterocycles. The number of hydroxylamine groups is 2. The summed E-state index contributed by atoms with van der Waals surface area (Å²) in [5.41, 5.74) is 0. The molecule has 62 valence electrons. The zero-order valence-corrected chi connectivity index (χ0v) is 6.45. The van der Waals surface area contributed by atoms with Crippen LogP contribution in [0.1, 0.15) is 19.8 Å². The van der Waals surface area contributed by atoms with Crippen LogP contribution in [0.2, 0.25) is 0 Å². The summed E-state index contributed by atoms with van der Waals surface area (Å²) in [5.74, 6) is -0.0936. The zero-order valence-electron chi connectivity index (χ0n) is 6.45. The molecule has 4 heteroatoms. The van der Waals surface area contributed by atoms with Crippen molar-refractivity contribution in [1.82, 2.24) is 5.06 Å². The molecule has 1 atom stereocenters. The summed E-state index contributed by atoms with van der Waals surface area (Å²) in [7, 11) is 0. The van der Waals surface area contributed by atoms with Gasteiger partial charge in [0.15, 0.2) is 0 Å². The molecule has 0 saturated carbocycles. The Balaban J connectivity index is 2.44. The van der Waals surface area contributed by atoms with Gasteiger partial charge in [-0.3, -0.25) is 9.63 Å². The molecular weight excluding hydrogens is 146 g/mol. The van der Waals surface area contributed by atoms with E-state index in [-0.39, 0.29) is 18.6 Å². The highest BCUT2D eigenvalue weighted by Gasteiger charge is 2.28. The van der Waals surface area contributed by atoms with Gasteiger partial charge in [0.2, 0.25) is 5.91 Å². The Morgan fingerprint density at radius 3 is 3.00 bits per heavy atom. The van der Waals surface area contributed by atoms with E-state index in [4.69, 9.17) is 4.84 Å². The molecule has 4 nitrogen and oxygen atoms in total. The first-order chi connectivity index (χ1) is 5.27. The number of hydrogen-bond donors (Lipinski definition) is 0. The van der Waals surface area contributed by atoms with Gasteiger partial charge in [0.1, 0.15) is 12.8 Å². The van der Waals surface area contributed by atoms with Crippen molar-refractivity contribution in [3.8, 4) is 0 Å². The summed E-state index contributed by atoms with van der Waals surface area (Å²) in [6.45, 7) is 2.00. The second-order valence-corrected chi connectivity index (χ2v) is 2.46. The maximum absolute atomic E-state index is 11.0. The fourth-order valence-corrected chi connectivity index (χ4v) is 1.00. The number of carbonyl (C=O) groups excluding carboxylic acids is 2. The lowest BCUT2D eigenvalue weighted by atomic mass is 10.2. The van der Waals surface area contributed by atoms with Gasteiger partial charge in [0.25, 0.3) is 0 Å². The molecule has 0 bridgehead atoms. The van der Waals surface area contributed by atoms with Gasteiger partial charge in [0.05, 0.1) is 12.5 Å². The van der Waals surface area contributed by atoms with Crippen molar-refractivity contribution in [2.75, 3.05) is 6.54 Å². The highest BCUT2D eigenvalue weighted by molar-refractivity contribution is 5.79. The van der Waals surface area contributed by atoms with E-state index in [9.17, 15) is 9.59 Å². The first-order valence-corrected chi connectivity index (χ1v) is 3.68. The SMILES string of the molecule is CCC1CC(=O)N(CC=O)O1. The van der Waals surface area contributed by atoms with Gasteiger partial charge in [-0.2, -0.15) is 0 Å². The molecule has 0 aromatic carbocycles. The average molecular weight is 157 g/mol. The molecule has 1 fully saturated rings. The molecule has 1 aliphatic rings. The Morgan fingerprint density at radius 1 is 1.82 bits per heavy atom. The standard InChI is InChI=1S/C7H11NO3/c1-2-6-5-7(10)8(11-6)3-4-9/h4,6H,2-3,5H2,1H3. The quantitative estimate of drug-likeness (QED) is 0.547. The fraction of sp³-hybridized carbons (Fsp3) is 0.714. The predicted octanol–water partition coefficient (Wildman–Crippen LogP) is 0.128. The first kappa shape index (κ1) is 8.20. The van der Waals surface area contributed by atoms with E-state index in [0.29, 0.717) is 12.7 Å². The van der Waals surface area contributed by atoms with E-state index in [0.717, 1.165) is 11.5 Å². The minimum atomic E-state index is -0.0936. The number of nitrogens with zero attached hydrogens (tertiary/aromatic N) is 1. The van der Waals surface area contributed by atoms with E-state index in [1.807, 2.05) is 6.92 Å². The molecule has 1 unspecified atom stereocenters. The molecule has 0 aliphatic carbocycles. The van der Waals surface area contributed by atoms with Crippen LogP contribution in [0.15, 0.2) is 0 Å². The molecule has 0 N–H and O–H groups in total. The number of hydrogen-bond acceptors (Lipinski definition) is 3. The second-order valence-electron chi connectivity index (χ2n) is 2.46. The van der Waals surface area contributed by atoms with Gasteiger partial charge in [-0.1, -0.05) is 6.92 Å². The second kappa shape index (κ2) is 3.48. The number of rotatable bonds is 3. The van der Waals surface area contributed by atoms with Crippen LogP contribution in [-0.4, -0.2) is 29.9 Å². The minimum Gasteiger partial charge on any atom is -0.301 e. The van der Waals surface area contributed by atoms with Crippen molar-refractivity contribution in [2.45, 2.75) is 25.9 Å². The van der Waals surface area contributed by atoms with Gasteiger partial charge >= 0.3 is 0 Å². The number of aldehydes is 1. The van der Waals surface area contributed by atoms with Gasteiger partial charge in [0, 0.05) is 0 Å². The molecule has 0 spiro atoms. The maximum Gasteiger partial charge on any atom is 0.249 e. The third kappa shape index (κ3) is 1.77. The topological polar surface area (TPSA) is 46.6 Å². The molecule has 1 amide bonds. The van der Waals surface area contributed by atoms with Gasteiger partial charge in [-0.05, 0) is 6.42 Å². The number of carbonyl (C=O) groups is 2. The van der Waals surface area contributed by atoms with E-state index in [2.05, 4.69) is 0 Å². The highest BCUT2D eigenvalue weighted by Crippen LogP contribution is 2.16. The van der Waals surface area contributed by atoms with E-state index < -0.39 is 0 Å². The highest BCUT2D eigenvalue weighted by atomic mass is 16.7. The summed E-state index contributed by atoms with van der Waals surface area (Å²) < 4.78 is 0. The van der Waals surface area contributed by atoms with Gasteiger partial charge in [-0.25, -0.2) is 5.06 Å². The summed E-state index contributed by atoms with van der Waals surface area (Å²) in [5, 5.41) is 1.13. The molecule has 1 heterocycles. The predicted molar refractivity (Wildman–Crippen MR) is 37.6 cm³/mol. The van der Waals surface area contributed by atoms with Crippen LogP contribution in [0.4, 0.5) is 0 Å². The zero-order chi connectivity index (χ0) is 8.27. The lowest BCUT2D eigenvalue weighted by Crippen LogP contribution is -2.25. The van der Waals surface area contributed by atoms with Gasteiger partial charge in [-0.15, -0.1) is 0 Å². The third-order valence-electron chi connectivity index (χ3n) is 1.65. The Morgan fingerprint density at radius 2 is 2.55 bits per heavy atom. The normalized spacial score (nSPS) is 24.3. The van der Waals surface area contributed by atoms with Crippen molar-refractivity contribution in [2.24, 2.45) is 0 Å². The van der Waals surface area contributed by atoms with Crippen LogP contribution in [0, 0.1) is 0 Å². The Labute approximate surface area is 65.1 Å². The summed E-state index contributed by atoms with van der Waals surface area (Å²) in [6, 6.07) is 0. The lowest BCUT2D eigenvalue weighted by molar-refractivity contribution is -0.173. The van der Waals surface area contributed by atoms with Crippen LogP contribution < -0.4 is 0 Å². The van der Waals surface area contributed by atoms with Crippen molar-refractivity contribution < 1.29 is 14.4 Å². The summed E-state index contributed by atoms with van der Waals surface area (Å²) in [6.07, 6.45) is 1.85. The molecule has 0 aromatic rings. The summed E-state index contributed by atoms with van der Waals surface area (Å²) >= 11 is 0. The van der Waals surface area contributed by atoms with Crippen LogP contribution in [0.5, 0.6) is 0 Å². The van der Waals surface area contributed by atoms with Crippen LogP contribution in [0.3, 0.4) is 0 Å². The van der Waals surface area contributed by atoms with Crippen LogP contribution in [-0.2, 0) is 14.4 Å². The lowest BCUT2D eigenvalue weighted by Gasteiger charge is -2.11. The average Bonchev–Trinajstić information content (AvgIpc) is 2.33.